The van der Waals surface area contributed by atoms with Gasteiger partial charge in [0.1, 0.15) is 12.6 Å². The summed E-state index contributed by atoms with van der Waals surface area (Å²) >= 11 is 0. The molecule has 1 unspecified atom stereocenters. The van der Waals surface area contributed by atoms with Crippen molar-refractivity contribution in [3.8, 4) is 0 Å². The first kappa shape index (κ1) is 24.3. The van der Waals surface area contributed by atoms with Gasteiger partial charge in [-0.25, -0.2) is 0 Å². The van der Waals surface area contributed by atoms with Crippen LogP contribution in [-0.2, 0) is 19.1 Å². The zero-order valence-electron chi connectivity index (χ0n) is 18.3. The van der Waals surface area contributed by atoms with Crippen molar-refractivity contribution >= 4 is 17.7 Å². The van der Waals surface area contributed by atoms with Gasteiger partial charge in [0.2, 0.25) is 0 Å². The summed E-state index contributed by atoms with van der Waals surface area (Å²) in [5.41, 5.74) is 8.40. The molecule has 0 saturated heterocycles. The van der Waals surface area contributed by atoms with Crippen LogP contribution in [0.5, 0.6) is 0 Å². The second-order valence-corrected chi connectivity index (χ2v) is 7.36. The van der Waals surface area contributed by atoms with Crippen molar-refractivity contribution in [3.05, 3.63) is 71.8 Å². The average Bonchev–Trinajstić information content (AvgIpc) is 2.78. The molecule has 31 heavy (non-hydrogen) atoms. The lowest BCUT2D eigenvalue weighted by Crippen LogP contribution is -2.35. The number of esters is 2. The van der Waals surface area contributed by atoms with E-state index in [-0.39, 0.29) is 18.5 Å². The lowest BCUT2D eigenvalue weighted by Gasteiger charge is -2.27. The molecule has 0 spiro atoms. The monoisotopic (exact) mass is 424 g/mol. The van der Waals surface area contributed by atoms with Gasteiger partial charge in [-0.2, -0.15) is 0 Å². The standard InChI is InChI=1S/C16H15NO2.C9H17NO2/c1-19-15(18)12-17-16(13-8-4-2-5-9-13)14-10-6-3-7-11-14;1-2-12-9(11)8(10)6-7-4-3-5-7/h2-11H,12H2,1H3;7-8H,2-6,10H2,1H3. The quantitative estimate of drug-likeness (QED) is 0.515. The number of aliphatic imine (C=N–C) groups is 1. The number of carbonyl (C=O) groups is 2. The smallest absolute Gasteiger partial charge is 0.327 e. The van der Waals surface area contributed by atoms with E-state index in [1.807, 2.05) is 60.7 Å². The number of nitrogens with zero attached hydrogens (tertiary/aromatic N) is 1. The van der Waals surface area contributed by atoms with Gasteiger partial charge in [0.15, 0.2) is 0 Å². The van der Waals surface area contributed by atoms with Crippen LogP contribution in [0.2, 0.25) is 0 Å². The second-order valence-electron chi connectivity index (χ2n) is 7.36. The van der Waals surface area contributed by atoms with Crippen LogP contribution in [-0.4, -0.2) is 44.0 Å². The van der Waals surface area contributed by atoms with E-state index in [1.54, 1.807) is 6.92 Å². The zero-order chi connectivity index (χ0) is 22.5. The summed E-state index contributed by atoms with van der Waals surface area (Å²) in [6.07, 6.45) is 4.55. The van der Waals surface area contributed by atoms with E-state index in [4.69, 9.17) is 10.5 Å². The number of carbonyl (C=O) groups excluding carboxylic acids is 2. The van der Waals surface area contributed by atoms with E-state index in [1.165, 1.54) is 26.4 Å². The Hall–Kier alpha value is -2.99. The molecule has 0 bridgehead atoms. The fourth-order valence-electron chi connectivity index (χ4n) is 3.18. The van der Waals surface area contributed by atoms with E-state index in [0.29, 0.717) is 12.5 Å². The largest absolute Gasteiger partial charge is 0.468 e. The molecule has 1 aliphatic rings. The van der Waals surface area contributed by atoms with Crippen LogP contribution in [0.25, 0.3) is 0 Å². The molecule has 0 radical (unpaired) electrons. The first-order valence-electron chi connectivity index (χ1n) is 10.7. The third kappa shape index (κ3) is 8.34. The summed E-state index contributed by atoms with van der Waals surface area (Å²) in [6, 6.07) is 19.2. The summed E-state index contributed by atoms with van der Waals surface area (Å²) < 4.78 is 9.44. The Balaban J connectivity index is 0.000000245. The second kappa shape index (κ2) is 13.3. The molecule has 1 saturated carbocycles. The van der Waals surface area contributed by atoms with Crippen LogP contribution in [0, 0.1) is 5.92 Å². The van der Waals surface area contributed by atoms with Gasteiger partial charge in [0, 0.05) is 11.1 Å². The first-order valence-corrected chi connectivity index (χ1v) is 10.7. The number of hydrogen-bond donors (Lipinski definition) is 1. The molecular weight excluding hydrogens is 392 g/mol. The highest BCUT2D eigenvalue weighted by Gasteiger charge is 2.24. The molecule has 0 heterocycles. The zero-order valence-corrected chi connectivity index (χ0v) is 18.3. The summed E-state index contributed by atoms with van der Waals surface area (Å²) in [7, 11) is 1.36. The SMILES string of the molecule is CCOC(=O)C(N)CC1CCC1.COC(=O)CN=C(c1ccccc1)c1ccccc1. The van der Waals surface area contributed by atoms with E-state index >= 15 is 0 Å². The van der Waals surface area contributed by atoms with E-state index < -0.39 is 6.04 Å². The van der Waals surface area contributed by atoms with Gasteiger partial charge >= 0.3 is 11.9 Å². The molecule has 166 valence electrons. The molecule has 6 heteroatoms. The van der Waals surface area contributed by atoms with Crippen LogP contribution in [0.1, 0.15) is 43.7 Å². The maximum absolute atomic E-state index is 11.2. The number of ether oxygens (including phenoxy) is 2. The Morgan fingerprint density at radius 3 is 2.00 bits per heavy atom. The predicted molar refractivity (Wildman–Crippen MR) is 122 cm³/mol. The average molecular weight is 425 g/mol. The van der Waals surface area contributed by atoms with Crippen LogP contribution in [0.15, 0.2) is 65.7 Å². The third-order valence-electron chi connectivity index (χ3n) is 5.09. The predicted octanol–water partition coefficient (Wildman–Crippen LogP) is 3.76. The number of nitrogens with two attached hydrogens (primary N) is 1. The number of methoxy groups -OCH3 is 1. The summed E-state index contributed by atoms with van der Waals surface area (Å²) in [5, 5.41) is 0. The van der Waals surface area contributed by atoms with Crippen molar-refractivity contribution in [1.29, 1.82) is 0 Å². The molecule has 2 N–H and O–H groups in total. The van der Waals surface area contributed by atoms with Crippen LogP contribution >= 0.6 is 0 Å². The first-order chi connectivity index (χ1) is 15.0. The molecule has 0 amide bonds. The Labute approximate surface area is 184 Å². The highest BCUT2D eigenvalue weighted by Crippen LogP contribution is 2.30. The van der Waals surface area contributed by atoms with Crippen molar-refractivity contribution in [1.82, 2.24) is 0 Å². The molecule has 1 aliphatic carbocycles. The van der Waals surface area contributed by atoms with Crippen LogP contribution in [0.3, 0.4) is 0 Å². The van der Waals surface area contributed by atoms with Crippen LogP contribution in [0.4, 0.5) is 0 Å². The maximum atomic E-state index is 11.2. The van der Waals surface area contributed by atoms with Gasteiger partial charge in [-0.3, -0.25) is 14.6 Å². The van der Waals surface area contributed by atoms with E-state index in [9.17, 15) is 9.59 Å². The molecule has 6 nitrogen and oxygen atoms in total. The Morgan fingerprint density at radius 1 is 1.03 bits per heavy atom. The molecule has 0 aliphatic heterocycles. The van der Waals surface area contributed by atoms with Gasteiger partial charge in [-0.15, -0.1) is 0 Å². The Morgan fingerprint density at radius 2 is 1.58 bits per heavy atom. The van der Waals surface area contributed by atoms with Gasteiger partial charge in [0.05, 0.1) is 19.4 Å². The fourth-order valence-corrected chi connectivity index (χ4v) is 3.18. The van der Waals surface area contributed by atoms with Crippen molar-refractivity contribution in [2.45, 2.75) is 38.6 Å². The van der Waals surface area contributed by atoms with Crippen LogP contribution < -0.4 is 5.73 Å². The topological polar surface area (TPSA) is 91.0 Å². The van der Waals surface area contributed by atoms with Gasteiger partial charge < -0.3 is 15.2 Å². The van der Waals surface area contributed by atoms with Gasteiger partial charge in [-0.05, 0) is 19.3 Å². The number of hydrogen-bond acceptors (Lipinski definition) is 6. The van der Waals surface area contributed by atoms with E-state index in [2.05, 4.69) is 9.73 Å². The van der Waals surface area contributed by atoms with Gasteiger partial charge in [0.25, 0.3) is 0 Å². The highest BCUT2D eigenvalue weighted by molar-refractivity contribution is 6.13. The minimum Gasteiger partial charge on any atom is -0.468 e. The third-order valence-corrected chi connectivity index (χ3v) is 5.09. The molecule has 2 aromatic carbocycles. The molecule has 1 atom stereocenters. The summed E-state index contributed by atoms with van der Waals surface area (Å²) in [6.45, 7) is 2.25. The lowest BCUT2D eigenvalue weighted by atomic mass is 9.81. The molecule has 3 rings (SSSR count). The number of rotatable bonds is 8. The maximum Gasteiger partial charge on any atom is 0.327 e. The van der Waals surface area contributed by atoms with Crippen molar-refractivity contribution in [2.24, 2.45) is 16.6 Å². The van der Waals surface area contributed by atoms with Crippen molar-refractivity contribution in [3.63, 3.8) is 0 Å². The highest BCUT2D eigenvalue weighted by atomic mass is 16.5. The van der Waals surface area contributed by atoms with Gasteiger partial charge in [-0.1, -0.05) is 79.9 Å². The minimum absolute atomic E-state index is 0.0234. The summed E-state index contributed by atoms with van der Waals surface area (Å²) in [5.74, 6) is 0.0816. The lowest BCUT2D eigenvalue weighted by molar-refractivity contribution is -0.145. The molecule has 2 aromatic rings. The Bertz CT molecular complexity index is 792. The minimum atomic E-state index is -0.393. The van der Waals surface area contributed by atoms with Crippen molar-refractivity contribution in [2.75, 3.05) is 20.3 Å². The Kier molecular flexibility index (Phi) is 10.4. The van der Waals surface area contributed by atoms with Crippen molar-refractivity contribution < 1.29 is 19.1 Å². The molecule has 0 aromatic heterocycles. The van der Waals surface area contributed by atoms with E-state index in [0.717, 1.165) is 23.3 Å². The molecule has 1 fully saturated rings. The fraction of sp³-hybridized carbons (Fsp3) is 0.400. The normalized spacial score (nSPS) is 13.6. The summed E-state index contributed by atoms with van der Waals surface area (Å²) in [4.78, 5) is 26.7. The number of benzene rings is 2. The molecular formula is C25H32N2O4.